The minimum absolute atomic E-state index is 0.00114. The van der Waals surface area contributed by atoms with Crippen LogP contribution in [0.15, 0.2) is 21.5 Å². The van der Waals surface area contributed by atoms with Gasteiger partial charge in [-0.2, -0.15) is 0 Å². The summed E-state index contributed by atoms with van der Waals surface area (Å²) in [5, 5.41) is 8.93. The fraction of sp³-hybridized carbons (Fsp3) is 0.125. The molecule has 0 heterocycles. The smallest absolute Gasteiger partial charge is 0.313 e. The maximum Gasteiger partial charge on any atom is 0.313 e. The first-order chi connectivity index (χ1) is 6.50. The summed E-state index contributed by atoms with van der Waals surface area (Å²) in [6.45, 7) is 0. The Morgan fingerprint density at radius 2 is 2.29 bits per heavy atom. The first-order valence-corrected chi connectivity index (χ1v) is 5.75. The van der Waals surface area contributed by atoms with E-state index in [2.05, 4.69) is 15.9 Å². The Balaban J connectivity index is 2.87. The maximum atomic E-state index is 10.3. The summed E-state index contributed by atoms with van der Waals surface area (Å²) in [4.78, 5) is 11.1. The number of nitrogen functional groups attached to an aromatic ring is 1. The molecular weight excluding hydrogens is 290 g/mol. The van der Waals surface area contributed by atoms with E-state index in [-0.39, 0.29) is 5.75 Å². The molecule has 0 aliphatic carbocycles. The molecule has 3 nitrogen and oxygen atoms in total. The van der Waals surface area contributed by atoms with Gasteiger partial charge in [0.1, 0.15) is 0 Å². The van der Waals surface area contributed by atoms with Gasteiger partial charge in [-0.05, 0) is 28.1 Å². The Morgan fingerprint density at radius 3 is 2.86 bits per heavy atom. The second-order valence-corrected chi connectivity index (χ2v) is 4.77. The van der Waals surface area contributed by atoms with Crippen molar-refractivity contribution in [3.63, 3.8) is 0 Å². The number of thioether (sulfide) groups is 1. The summed E-state index contributed by atoms with van der Waals surface area (Å²) in [6, 6.07) is 3.31. The van der Waals surface area contributed by atoms with E-state index in [9.17, 15) is 4.79 Å². The molecule has 14 heavy (non-hydrogen) atoms. The van der Waals surface area contributed by atoms with Gasteiger partial charge in [0.2, 0.25) is 0 Å². The highest BCUT2D eigenvalue weighted by molar-refractivity contribution is 9.10. The van der Waals surface area contributed by atoms with Crippen molar-refractivity contribution in [3.05, 3.63) is 21.6 Å². The second kappa shape index (κ2) is 4.91. The van der Waals surface area contributed by atoms with E-state index in [1.54, 1.807) is 12.1 Å². The predicted molar refractivity (Wildman–Crippen MR) is 61.9 cm³/mol. The number of nitrogens with two attached hydrogens (primary N) is 1. The lowest BCUT2D eigenvalue weighted by molar-refractivity contribution is -0.133. The van der Waals surface area contributed by atoms with E-state index in [0.717, 1.165) is 9.37 Å². The molecule has 1 aromatic rings. The SMILES string of the molecule is Nc1cc(Br)c(SCC(=O)O)cc1Cl. The molecule has 0 amide bonds. The van der Waals surface area contributed by atoms with Crippen molar-refractivity contribution in [2.75, 3.05) is 11.5 Å². The van der Waals surface area contributed by atoms with Crippen LogP contribution in [0.2, 0.25) is 5.02 Å². The zero-order chi connectivity index (χ0) is 10.7. The Labute approximate surface area is 98.8 Å². The normalized spacial score (nSPS) is 10.1. The van der Waals surface area contributed by atoms with Gasteiger partial charge >= 0.3 is 5.97 Å². The van der Waals surface area contributed by atoms with E-state index >= 15 is 0 Å². The molecule has 0 bridgehead atoms. The molecule has 0 radical (unpaired) electrons. The average Bonchev–Trinajstić information content (AvgIpc) is 2.09. The van der Waals surface area contributed by atoms with Crippen molar-refractivity contribution in [1.82, 2.24) is 0 Å². The number of anilines is 1. The molecule has 0 saturated heterocycles. The van der Waals surface area contributed by atoms with Gasteiger partial charge in [-0.1, -0.05) is 11.6 Å². The number of benzene rings is 1. The first kappa shape index (κ1) is 11.7. The van der Waals surface area contributed by atoms with E-state index in [1.807, 2.05) is 0 Å². The van der Waals surface area contributed by atoms with Gasteiger partial charge in [0.25, 0.3) is 0 Å². The molecule has 76 valence electrons. The Kier molecular flexibility index (Phi) is 4.10. The number of carboxylic acids is 1. The molecule has 0 saturated carbocycles. The highest BCUT2D eigenvalue weighted by Crippen LogP contribution is 2.33. The highest BCUT2D eigenvalue weighted by atomic mass is 79.9. The summed E-state index contributed by atoms with van der Waals surface area (Å²) in [5.74, 6) is -0.867. The lowest BCUT2D eigenvalue weighted by atomic mass is 10.3. The first-order valence-electron chi connectivity index (χ1n) is 3.60. The second-order valence-electron chi connectivity index (χ2n) is 2.49. The highest BCUT2D eigenvalue weighted by Gasteiger charge is 2.07. The fourth-order valence-corrected chi connectivity index (χ4v) is 2.40. The molecule has 0 aliphatic heterocycles. The van der Waals surface area contributed by atoms with Crippen LogP contribution < -0.4 is 5.73 Å². The van der Waals surface area contributed by atoms with Gasteiger partial charge in [-0.15, -0.1) is 11.8 Å². The quantitative estimate of drug-likeness (QED) is 0.665. The summed E-state index contributed by atoms with van der Waals surface area (Å²) in [6.07, 6.45) is 0. The maximum absolute atomic E-state index is 10.3. The summed E-state index contributed by atoms with van der Waals surface area (Å²) in [5.41, 5.74) is 6.03. The molecule has 0 unspecified atom stereocenters. The fourth-order valence-electron chi connectivity index (χ4n) is 0.794. The van der Waals surface area contributed by atoms with Crippen LogP contribution in [0.4, 0.5) is 5.69 Å². The number of carbonyl (C=O) groups is 1. The van der Waals surface area contributed by atoms with Crippen molar-refractivity contribution in [2.45, 2.75) is 4.90 Å². The minimum atomic E-state index is -0.866. The molecule has 0 aliphatic rings. The van der Waals surface area contributed by atoms with Crippen LogP contribution in [0.3, 0.4) is 0 Å². The monoisotopic (exact) mass is 295 g/mol. The molecule has 0 aromatic heterocycles. The average molecular weight is 297 g/mol. The zero-order valence-electron chi connectivity index (χ0n) is 6.96. The summed E-state index contributed by atoms with van der Waals surface area (Å²) in [7, 11) is 0. The van der Waals surface area contributed by atoms with E-state index < -0.39 is 5.97 Å². The topological polar surface area (TPSA) is 63.3 Å². The number of hydrogen-bond donors (Lipinski definition) is 2. The van der Waals surface area contributed by atoms with Crippen LogP contribution in [-0.2, 0) is 4.79 Å². The van der Waals surface area contributed by atoms with Gasteiger partial charge in [0.15, 0.2) is 0 Å². The van der Waals surface area contributed by atoms with Crippen molar-refractivity contribution in [2.24, 2.45) is 0 Å². The van der Waals surface area contributed by atoms with E-state index in [4.69, 9.17) is 22.4 Å². The van der Waals surface area contributed by atoms with Crippen LogP contribution in [0, 0.1) is 0 Å². The molecular formula is C8H7BrClNO2S. The molecule has 1 rings (SSSR count). The standard InChI is InChI=1S/C8H7BrClNO2S/c9-4-1-6(11)5(10)2-7(4)14-3-8(12)13/h1-2H,3,11H2,(H,12,13). The number of aliphatic carboxylic acids is 1. The van der Waals surface area contributed by atoms with Crippen molar-refractivity contribution >= 4 is 50.9 Å². The minimum Gasteiger partial charge on any atom is -0.481 e. The molecule has 0 spiro atoms. The van der Waals surface area contributed by atoms with Gasteiger partial charge in [0, 0.05) is 9.37 Å². The molecule has 3 N–H and O–H groups in total. The van der Waals surface area contributed by atoms with Crippen molar-refractivity contribution in [1.29, 1.82) is 0 Å². The molecule has 0 atom stereocenters. The molecule has 1 aromatic carbocycles. The van der Waals surface area contributed by atoms with E-state index in [0.29, 0.717) is 10.7 Å². The Morgan fingerprint density at radius 1 is 1.64 bits per heavy atom. The van der Waals surface area contributed by atoms with Gasteiger partial charge in [-0.25, -0.2) is 0 Å². The number of halogens is 2. The van der Waals surface area contributed by atoms with Gasteiger partial charge < -0.3 is 10.8 Å². The van der Waals surface area contributed by atoms with Gasteiger partial charge in [-0.3, -0.25) is 4.79 Å². The summed E-state index contributed by atoms with van der Waals surface area (Å²) >= 11 is 10.3. The molecule has 0 fully saturated rings. The van der Waals surface area contributed by atoms with Crippen LogP contribution in [-0.4, -0.2) is 16.8 Å². The Bertz CT molecular complexity index is 373. The van der Waals surface area contributed by atoms with Gasteiger partial charge in [0.05, 0.1) is 16.5 Å². The Hall–Kier alpha value is -0.390. The van der Waals surface area contributed by atoms with Crippen molar-refractivity contribution < 1.29 is 9.90 Å². The predicted octanol–water partition coefficient (Wildman–Crippen LogP) is 2.86. The van der Waals surface area contributed by atoms with E-state index in [1.165, 1.54) is 11.8 Å². The van der Waals surface area contributed by atoms with Crippen LogP contribution >= 0.6 is 39.3 Å². The zero-order valence-corrected chi connectivity index (χ0v) is 10.1. The van der Waals surface area contributed by atoms with Crippen LogP contribution in [0.1, 0.15) is 0 Å². The number of hydrogen-bond acceptors (Lipinski definition) is 3. The number of carboxylic acid groups (broad SMARTS) is 1. The third-order valence-electron chi connectivity index (χ3n) is 1.40. The lowest BCUT2D eigenvalue weighted by Crippen LogP contribution is -1.98. The third kappa shape index (κ3) is 3.08. The van der Waals surface area contributed by atoms with Crippen molar-refractivity contribution in [3.8, 4) is 0 Å². The lowest BCUT2D eigenvalue weighted by Gasteiger charge is -2.05. The number of rotatable bonds is 3. The summed E-state index contributed by atoms with van der Waals surface area (Å²) < 4.78 is 0.755. The van der Waals surface area contributed by atoms with Crippen LogP contribution in [0.25, 0.3) is 0 Å². The molecule has 6 heteroatoms. The van der Waals surface area contributed by atoms with Crippen LogP contribution in [0.5, 0.6) is 0 Å². The third-order valence-corrected chi connectivity index (χ3v) is 3.69. The largest absolute Gasteiger partial charge is 0.481 e.